The van der Waals surface area contributed by atoms with Gasteiger partial charge in [-0.1, -0.05) is 0 Å². The van der Waals surface area contributed by atoms with Crippen LogP contribution in [0.4, 0.5) is 0 Å². The fourth-order valence-corrected chi connectivity index (χ4v) is 0. The van der Waals surface area contributed by atoms with Crippen LogP contribution in [0.1, 0.15) is 0 Å². The maximum Gasteiger partial charge on any atom is 5.00 e. The Morgan fingerprint density at radius 1 is 0.333 bits per heavy atom. The zero-order chi connectivity index (χ0) is 0. The molecule has 0 nitrogen and oxygen atoms in total. The quantitative estimate of drug-likeness (QED) is 0.263. The van der Waals surface area contributed by atoms with Gasteiger partial charge in [0.25, 0.3) is 0 Å². The molecule has 41 valence electrons. The second-order valence-electron chi connectivity index (χ2n) is 0. The van der Waals surface area contributed by atoms with Crippen molar-refractivity contribution in [3.05, 3.63) is 0 Å². The topological polar surface area (TPSA) is 0 Å². The molecule has 0 spiro atoms. The van der Waals surface area contributed by atoms with Gasteiger partial charge in [0.15, 0.2) is 0 Å². The van der Waals surface area contributed by atoms with E-state index >= 15 is 0 Å². The number of hydrogen-bond acceptors (Lipinski definition) is 0. The minimum absolute atomic E-state index is 0. The standard InChI is InChI=1S/5FH.Mo/h5*1H;/q;;;;;+5/p-5. The summed E-state index contributed by atoms with van der Waals surface area (Å²) in [4.78, 5) is 0. The van der Waals surface area contributed by atoms with Gasteiger partial charge in [0.2, 0.25) is 0 Å². The average Bonchev–Trinajstić information content (AvgIpc) is 0. The average molecular weight is 191 g/mol. The van der Waals surface area contributed by atoms with E-state index in [2.05, 4.69) is 0 Å². The number of rotatable bonds is 0. The van der Waals surface area contributed by atoms with Gasteiger partial charge in [-0.2, -0.15) is 0 Å². The van der Waals surface area contributed by atoms with Crippen molar-refractivity contribution >= 4 is 0 Å². The second-order valence-corrected chi connectivity index (χ2v) is 0. The third kappa shape index (κ3) is 422. The molecule has 0 N–H and O–H groups in total. The number of hydrogen-bond donors (Lipinski definition) is 0. The van der Waals surface area contributed by atoms with E-state index in [9.17, 15) is 0 Å². The Bertz CT molecular complexity index is 3.90. The van der Waals surface area contributed by atoms with Gasteiger partial charge in [0.05, 0.1) is 0 Å². The number of halogens is 5. The molecule has 0 aromatic heterocycles. The maximum atomic E-state index is 0. The van der Waals surface area contributed by atoms with Crippen molar-refractivity contribution in [2.75, 3.05) is 0 Å². The molecule has 0 aliphatic rings. The zero-order valence-corrected chi connectivity index (χ0v) is 4.31. The molecule has 0 aliphatic carbocycles. The van der Waals surface area contributed by atoms with Crippen molar-refractivity contribution in [3.63, 3.8) is 0 Å². The summed E-state index contributed by atoms with van der Waals surface area (Å²) in [5.74, 6) is 0. The largest absolute Gasteiger partial charge is 5.00 e. The summed E-state index contributed by atoms with van der Waals surface area (Å²) in [5, 5.41) is 0. The molecule has 6 heavy (non-hydrogen) atoms. The predicted octanol–water partition coefficient (Wildman–Crippen LogP) is -15.0. The molecule has 0 saturated heterocycles. The molecule has 0 fully saturated rings. The van der Waals surface area contributed by atoms with Crippen LogP contribution in [0.5, 0.6) is 0 Å². The van der Waals surface area contributed by atoms with Crippen molar-refractivity contribution in [1.82, 2.24) is 0 Å². The molecule has 0 aromatic rings. The maximum absolute atomic E-state index is 0. The molecular formula is F5Mo. The van der Waals surface area contributed by atoms with E-state index in [0.29, 0.717) is 0 Å². The van der Waals surface area contributed by atoms with E-state index in [-0.39, 0.29) is 44.6 Å². The van der Waals surface area contributed by atoms with Crippen molar-refractivity contribution < 1.29 is 44.6 Å². The summed E-state index contributed by atoms with van der Waals surface area (Å²) in [5.41, 5.74) is 0. The van der Waals surface area contributed by atoms with Gasteiger partial charge in [0, 0.05) is 0 Å². The van der Waals surface area contributed by atoms with E-state index in [1.165, 1.54) is 0 Å². The smallest absolute Gasteiger partial charge is 1.00 e. The molecule has 0 heterocycles. The van der Waals surface area contributed by atoms with Crippen LogP contribution in [0.2, 0.25) is 0 Å². The molecule has 0 bridgehead atoms. The molecule has 0 aliphatic heterocycles. The first kappa shape index (κ1) is 1580. The molecule has 0 rings (SSSR count). The van der Waals surface area contributed by atoms with Crippen LogP contribution in [0, 0.1) is 0 Å². The Morgan fingerprint density at radius 2 is 0.333 bits per heavy atom. The Hall–Kier alpha value is 0.338. The fraction of sp³-hybridized carbons (Fsp3) is 0. The third-order valence-electron chi connectivity index (χ3n) is 0. The molecule has 0 saturated carbocycles. The first-order valence-corrected chi connectivity index (χ1v) is 0. The summed E-state index contributed by atoms with van der Waals surface area (Å²) < 4.78 is 0. The van der Waals surface area contributed by atoms with Crippen LogP contribution in [-0.4, -0.2) is 0 Å². The predicted molar refractivity (Wildman–Crippen MR) is 0 cm³/mol. The van der Waals surface area contributed by atoms with Crippen LogP contribution in [-0.2, 0) is 21.1 Å². The molecular weight excluding hydrogens is 191 g/mol. The summed E-state index contributed by atoms with van der Waals surface area (Å²) in [6, 6.07) is 0. The summed E-state index contributed by atoms with van der Waals surface area (Å²) in [6.45, 7) is 0. The van der Waals surface area contributed by atoms with Gasteiger partial charge in [-0.3, -0.25) is 0 Å². The molecule has 0 unspecified atom stereocenters. The Balaban J connectivity index is 0. The molecule has 0 atom stereocenters. The monoisotopic (exact) mass is 193 g/mol. The van der Waals surface area contributed by atoms with Crippen LogP contribution in [0.15, 0.2) is 0 Å². The molecule has 1 radical (unpaired) electrons. The van der Waals surface area contributed by atoms with E-state index in [0.717, 1.165) is 0 Å². The molecule has 6 heteroatoms. The van der Waals surface area contributed by atoms with Crippen LogP contribution in [0.25, 0.3) is 0 Å². The van der Waals surface area contributed by atoms with Gasteiger partial charge in [-0.15, -0.1) is 0 Å². The first-order chi connectivity index (χ1) is 0. The minimum Gasteiger partial charge on any atom is -1.00 e. The van der Waals surface area contributed by atoms with Crippen molar-refractivity contribution in [2.24, 2.45) is 0 Å². The fourth-order valence-electron chi connectivity index (χ4n) is 0. The van der Waals surface area contributed by atoms with Crippen LogP contribution >= 0.6 is 0 Å². The summed E-state index contributed by atoms with van der Waals surface area (Å²) in [7, 11) is 0. The third-order valence-corrected chi connectivity index (χ3v) is 0. The van der Waals surface area contributed by atoms with Crippen LogP contribution < -0.4 is 23.5 Å². The van der Waals surface area contributed by atoms with Gasteiger partial charge >= 0.3 is 21.1 Å². The normalized spacial score (nSPS) is 0. The Morgan fingerprint density at radius 3 is 0.333 bits per heavy atom. The SMILES string of the molecule is [F-].[F-].[F-].[F-].[F-].[Mo+5]. The summed E-state index contributed by atoms with van der Waals surface area (Å²) in [6.07, 6.45) is 0. The first-order valence-electron chi connectivity index (χ1n) is 0. The van der Waals surface area contributed by atoms with E-state index < -0.39 is 0 Å². The van der Waals surface area contributed by atoms with Crippen molar-refractivity contribution in [2.45, 2.75) is 0 Å². The summed E-state index contributed by atoms with van der Waals surface area (Å²) >= 11 is 0. The van der Waals surface area contributed by atoms with Gasteiger partial charge in [0.1, 0.15) is 0 Å². The Labute approximate surface area is 45.4 Å². The molecule has 0 amide bonds. The van der Waals surface area contributed by atoms with E-state index in [4.69, 9.17) is 0 Å². The van der Waals surface area contributed by atoms with Gasteiger partial charge in [-0.25, -0.2) is 0 Å². The van der Waals surface area contributed by atoms with Crippen LogP contribution in [0.3, 0.4) is 0 Å². The zero-order valence-electron chi connectivity index (χ0n) is 2.30. The minimum atomic E-state index is 0. The Kier molecular flexibility index (Phi) is 231000. The van der Waals surface area contributed by atoms with Crippen molar-refractivity contribution in [3.8, 4) is 0 Å². The van der Waals surface area contributed by atoms with Gasteiger partial charge < -0.3 is 23.5 Å². The second kappa shape index (κ2) is 878. The van der Waals surface area contributed by atoms with E-state index in [1.54, 1.807) is 0 Å². The molecule has 0 aromatic carbocycles. The van der Waals surface area contributed by atoms with Crippen molar-refractivity contribution in [1.29, 1.82) is 0 Å². The van der Waals surface area contributed by atoms with Gasteiger partial charge in [-0.05, 0) is 0 Å². The van der Waals surface area contributed by atoms with E-state index in [1.807, 2.05) is 0 Å².